The molecule has 12 aromatic rings. The standard InChI is InChI=1S/C62H42N2/c1-3-16-43(17-4-1)44-32-35-50(36-33-44)63(51-25-13-23-48(40-51)55-30-15-22-45-20-7-9-27-54(45)55)53-37-38-56(59(42-53)46-18-5-2-6-19-46)49-24-14-26-52(41-49)64-60-31-12-11-29-58(60)62-57-28-10-8-21-47(57)34-39-61(62)64/h1-42H. The highest BCUT2D eigenvalue weighted by atomic mass is 15.1. The number of aromatic nitrogens is 1. The highest BCUT2D eigenvalue weighted by molar-refractivity contribution is 6.21. The highest BCUT2D eigenvalue weighted by Gasteiger charge is 2.20. The summed E-state index contributed by atoms with van der Waals surface area (Å²) in [6.45, 7) is 0. The van der Waals surface area contributed by atoms with E-state index in [9.17, 15) is 0 Å². The average molecular weight is 815 g/mol. The first kappa shape index (κ1) is 37.3. The van der Waals surface area contributed by atoms with E-state index >= 15 is 0 Å². The molecule has 2 heteroatoms. The summed E-state index contributed by atoms with van der Waals surface area (Å²) in [6, 6.07) is 92.7. The molecule has 1 aromatic heterocycles. The molecule has 0 fully saturated rings. The molecule has 0 atom stereocenters. The summed E-state index contributed by atoms with van der Waals surface area (Å²) in [4.78, 5) is 2.40. The maximum absolute atomic E-state index is 2.43. The Morgan fingerprint density at radius 3 is 1.62 bits per heavy atom. The van der Waals surface area contributed by atoms with Crippen molar-refractivity contribution >= 4 is 60.4 Å². The third-order valence-corrected chi connectivity index (χ3v) is 12.8. The summed E-state index contributed by atoms with van der Waals surface area (Å²) in [7, 11) is 0. The maximum Gasteiger partial charge on any atom is 0.0547 e. The SMILES string of the molecule is c1ccc(-c2ccc(N(c3cccc(-c4cccc5ccccc45)c3)c3ccc(-c4cccc(-n5c6ccccc6c6c7ccccc7ccc65)c4)c(-c4ccccc4)c3)cc2)cc1. The number of hydrogen-bond acceptors (Lipinski definition) is 1. The topological polar surface area (TPSA) is 8.17 Å². The molecule has 0 aliphatic heterocycles. The summed E-state index contributed by atoms with van der Waals surface area (Å²) >= 11 is 0. The van der Waals surface area contributed by atoms with Gasteiger partial charge in [-0.3, -0.25) is 0 Å². The molecule has 0 spiro atoms. The first-order valence-electron chi connectivity index (χ1n) is 22.0. The van der Waals surface area contributed by atoms with Crippen LogP contribution in [0.15, 0.2) is 255 Å². The monoisotopic (exact) mass is 814 g/mol. The summed E-state index contributed by atoms with van der Waals surface area (Å²) in [5, 5.41) is 7.55. The van der Waals surface area contributed by atoms with Crippen LogP contribution in [0, 0.1) is 0 Å². The Hall–Kier alpha value is -8.46. The summed E-state index contributed by atoms with van der Waals surface area (Å²) < 4.78 is 2.43. The van der Waals surface area contributed by atoms with E-state index in [0.717, 1.165) is 33.9 Å². The van der Waals surface area contributed by atoms with Gasteiger partial charge >= 0.3 is 0 Å². The average Bonchev–Trinajstić information content (AvgIpc) is 3.72. The van der Waals surface area contributed by atoms with Gasteiger partial charge in [-0.05, 0) is 127 Å². The first-order valence-corrected chi connectivity index (χ1v) is 22.0. The molecule has 0 unspecified atom stereocenters. The Bertz CT molecular complexity index is 3650. The van der Waals surface area contributed by atoms with E-state index in [1.807, 2.05) is 0 Å². The Morgan fingerprint density at radius 1 is 0.266 bits per heavy atom. The smallest absolute Gasteiger partial charge is 0.0547 e. The quantitative estimate of drug-likeness (QED) is 0.148. The van der Waals surface area contributed by atoms with Gasteiger partial charge in [-0.1, -0.05) is 194 Å². The molecule has 0 amide bonds. The van der Waals surface area contributed by atoms with E-state index in [4.69, 9.17) is 0 Å². The Labute approximate surface area is 373 Å². The van der Waals surface area contributed by atoms with E-state index in [0.29, 0.717) is 0 Å². The minimum atomic E-state index is 1.08. The molecule has 0 aliphatic carbocycles. The third-order valence-electron chi connectivity index (χ3n) is 12.8. The predicted molar refractivity (Wildman–Crippen MR) is 272 cm³/mol. The lowest BCUT2D eigenvalue weighted by molar-refractivity contribution is 1.18. The molecule has 0 saturated heterocycles. The van der Waals surface area contributed by atoms with Gasteiger partial charge in [0.25, 0.3) is 0 Å². The summed E-state index contributed by atoms with van der Waals surface area (Å²) in [6.07, 6.45) is 0. The van der Waals surface area contributed by atoms with Gasteiger partial charge in [0.2, 0.25) is 0 Å². The molecular weight excluding hydrogens is 773 g/mol. The van der Waals surface area contributed by atoms with Crippen LogP contribution in [0.25, 0.3) is 93.5 Å². The van der Waals surface area contributed by atoms with Crippen LogP contribution in [0.5, 0.6) is 0 Å². The fourth-order valence-electron chi connectivity index (χ4n) is 9.78. The van der Waals surface area contributed by atoms with Gasteiger partial charge in [0, 0.05) is 33.5 Å². The number of rotatable bonds is 8. The van der Waals surface area contributed by atoms with Gasteiger partial charge in [-0.2, -0.15) is 0 Å². The zero-order valence-corrected chi connectivity index (χ0v) is 35.1. The normalized spacial score (nSPS) is 11.4. The number of hydrogen-bond donors (Lipinski definition) is 0. The van der Waals surface area contributed by atoms with Crippen molar-refractivity contribution in [3.05, 3.63) is 255 Å². The number of fused-ring (bicyclic) bond motifs is 6. The van der Waals surface area contributed by atoms with Gasteiger partial charge in [0.05, 0.1) is 11.0 Å². The highest BCUT2D eigenvalue weighted by Crippen LogP contribution is 2.44. The van der Waals surface area contributed by atoms with Crippen molar-refractivity contribution in [3.63, 3.8) is 0 Å². The zero-order valence-electron chi connectivity index (χ0n) is 35.1. The van der Waals surface area contributed by atoms with Gasteiger partial charge in [-0.25, -0.2) is 0 Å². The largest absolute Gasteiger partial charge is 0.310 e. The van der Waals surface area contributed by atoms with Crippen LogP contribution in [0.1, 0.15) is 0 Å². The van der Waals surface area contributed by atoms with Crippen molar-refractivity contribution in [2.24, 2.45) is 0 Å². The number of anilines is 3. The van der Waals surface area contributed by atoms with Crippen LogP contribution in [0.2, 0.25) is 0 Å². The predicted octanol–water partition coefficient (Wildman–Crippen LogP) is 17.2. The first-order chi connectivity index (χ1) is 31.7. The minimum absolute atomic E-state index is 1.08. The van der Waals surface area contributed by atoms with Crippen molar-refractivity contribution in [1.82, 2.24) is 4.57 Å². The van der Waals surface area contributed by atoms with E-state index in [2.05, 4.69) is 264 Å². The second kappa shape index (κ2) is 15.8. The lowest BCUT2D eigenvalue weighted by Gasteiger charge is -2.27. The lowest BCUT2D eigenvalue weighted by Crippen LogP contribution is -2.10. The number of para-hydroxylation sites is 1. The van der Waals surface area contributed by atoms with Crippen LogP contribution < -0.4 is 4.90 Å². The number of nitrogens with zero attached hydrogens (tertiary/aromatic N) is 2. The summed E-state index contributed by atoms with van der Waals surface area (Å²) in [5.41, 5.74) is 16.2. The van der Waals surface area contributed by atoms with Crippen molar-refractivity contribution in [1.29, 1.82) is 0 Å². The van der Waals surface area contributed by atoms with Gasteiger partial charge < -0.3 is 9.47 Å². The van der Waals surface area contributed by atoms with Crippen LogP contribution in [-0.2, 0) is 0 Å². The Balaban J connectivity index is 1.03. The van der Waals surface area contributed by atoms with E-state index < -0.39 is 0 Å². The molecule has 1 heterocycles. The molecule has 0 N–H and O–H groups in total. The van der Waals surface area contributed by atoms with Gasteiger partial charge in [-0.15, -0.1) is 0 Å². The fourth-order valence-corrected chi connectivity index (χ4v) is 9.78. The molecule has 12 rings (SSSR count). The molecule has 0 saturated carbocycles. The van der Waals surface area contributed by atoms with Crippen molar-refractivity contribution < 1.29 is 0 Å². The lowest BCUT2D eigenvalue weighted by atomic mass is 9.93. The van der Waals surface area contributed by atoms with Gasteiger partial charge in [0.15, 0.2) is 0 Å². The molecule has 300 valence electrons. The van der Waals surface area contributed by atoms with Crippen LogP contribution in [-0.4, -0.2) is 4.57 Å². The summed E-state index contributed by atoms with van der Waals surface area (Å²) in [5.74, 6) is 0. The van der Waals surface area contributed by atoms with Crippen LogP contribution in [0.4, 0.5) is 17.1 Å². The van der Waals surface area contributed by atoms with E-state index in [1.165, 1.54) is 76.7 Å². The number of benzene rings is 11. The molecule has 11 aromatic carbocycles. The molecule has 64 heavy (non-hydrogen) atoms. The Kier molecular flexibility index (Phi) is 9.20. The molecule has 0 aliphatic rings. The van der Waals surface area contributed by atoms with Crippen LogP contribution in [0.3, 0.4) is 0 Å². The zero-order chi connectivity index (χ0) is 42.4. The second-order valence-electron chi connectivity index (χ2n) is 16.5. The van der Waals surface area contributed by atoms with Gasteiger partial charge in [0.1, 0.15) is 0 Å². The maximum atomic E-state index is 2.43. The molecular formula is C62H42N2. The van der Waals surface area contributed by atoms with E-state index in [-0.39, 0.29) is 0 Å². The van der Waals surface area contributed by atoms with Crippen molar-refractivity contribution in [2.75, 3.05) is 4.90 Å². The fraction of sp³-hybridized carbons (Fsp3) is 0. The molecule has 0 bridgehead atoms. The van der Waals surface area contributed by atoms with Crippen molar-refractivity contribution in [3.8, 4) is 50.2 Å². The Morgan fingerprint density at radius 2 is 0.828 bits per heavy atom. The second-order valence-corrected chi connectivity index (χ2v) is 16.5. The van der Waals surface area contributed by atoms with Crippen molar-refractivity contribution in [2.45, 2.75) is 0 Å². The molecule has 2 nitrogen and oxygen atoms in total. The molecule has 0 radical (unpaired) electrons. The van der Waals surface area contributed by atoms with Crippen LogP contribution >= 0.6 is 0 Å². The third kappa shape index (κ3) is 6.52. The van der Waals surface area contributed by atoms with E-state index in [1.54, 1.807) is 0 Å². The minimum Gasteiger partial charge on any atom is -0.310 e.